The molecule has 1 N–H and O–H groups in total. The summed E-state index contributed by atoms with van der Waals surface area (Å²) >= 11 is 0. The van der Waals surface area contributed by atoms with Crippen molar-refractivity contribution in [2.45, 2.75) is 13.0 Å². The molecule has 0 saturated carbocycles. The van der Waals surface area contributed by atoms with Crippen molar-refractivity contribution in [1.82, 2.24) is 5.32 Å². The Kier molecular flexibility index (Phi) is 3.37. The van der Waals surface area contributed by atoms with Crippen LogP contribution in [0.25, 0.3) is 11.5 Å². The zero-order valence-electron chi connectivity index (χ0n) is 10.4. The lowest BCUT2D eigenvalue weighted by atomic mass is 10.1. The van der Waals surface area contributed by atoms with Gasteiger partial charge in [0.05, 0.1) is 25.3 Å². The minimum atomic E-state index is -0.0282. The minimum absolute atomic E-state index is 0.0217. The summed E-state index contributed by atoms with van der Waals surface area (Å²) in [6.45, 7) is 1.57. The van der Waals surface area contributed by atoms with Crippen molar-refractivity contribution in [1.29, 1.82) is 0 Å². The van der Waals surface area contributed by atoms with Crippen LogP contribution in [0.5, 0.6) is 0 Å². The third-order valence-electron chi connectivity index (χ3n) is 3.16. The Morgan fingerprint density at radius 3 is 3.00 bits per heavy atom. The molecule has 0 aliphatic carbocycles. The predicted molar refractivity (Wildman–Crippen MR) is 67.2 cm³/mol. The van der Waals surface area contributed by atoms with Gasteiger partial charge in [0.1, 0.15) is 5.76 Å². The maximum absolute atomic E-state index is 11.8. The lowest BCUT2D eigenvalue weighted by Crippen LogP contribution is -2.30. The molecular weight excluding hydrogens is 246 g/mol. The van der Waals surface area contributed by atoms with E-state index in [9.17, 15) is 4.79 Å². The van der Waals surface area contributed by atoms with Gasteiger partial charge in [0.2, 0.25) is 5.91 Å². The number of carbonyl (C=O) groups excluding carboxylic acids is 1. The highest BCUT2D eigenvalue weighted by Crippen LogP contribution is 2.22. The van der Waals surface area contributed by atoms with Crippen LogP contribution in [-0.2, 0) is 16.1 Å². The molecule has 1 fully saturated rings. The van der Waals surface area contributed by atoms with E-state index < -0.39 is 0 Å². The molecule has 19 heavy (non-hydrogen) atoms. The highest BCUT2D eigenvalue weighted by atomic mass is 16.5. The van der Waals surface area contributed by atoms with Gasteiger partial charge in [0.25, 0.3) is 0 Å². The summed E-state index contributed by atoms with van der Waals surface area (Å²) in [6.07, 6.45) is 2.39. The topological polar surface area (TPSA) is 64.6 Å². The molecule has 1 amide bonds. The molecule has 0 unspecified atom stereocenters. The summed E-state index contributed by atoms with van der Waals surface area (Å²) in [4.78, 5) is 11.8. The van der Waals surface area contributed by atoms with Gasteiger partial charge in [-0.1, -0.05) is 0 Å². The zero-order chi connectivity index (χ0) is 13.1. The fraction of sp³-hybridized carbons (Fsp3) is 0.357. The van der Waals surface area contributed by atoms with Crippen LogP contribution in [0.2, 0.25) is 0 Å². The van der Waals surface area contributed by atoms with Crippen LogP contribution >= 0.6 is 0 Å². The monoisotopic (exact) mass is 261 g/mol. The Balaban J connectivity index is 1.57. The van der Waals surface area contributed by atoms with Gasteiger partial charge in [-0.3, -0.25) is 4.79 Å². The van der Waals surface area contributed by atoms with Gasteiger partial charge < -0.3 is 18.9 Å². The van der Waals surface area contributed by atoms with Crippen LogP contribution in [-0.4, -0.2) is 19.1 Å². The van der Waals surface area contributed by atoms with Crippen molar-refractivity contribution >= 4 is 5.91 Å². The number of amides is 1. The molecule has 0 radical (unpaired) electrons. The van der Waals surface area contributed by atoms with Gasteiger partial charge in [0.15, 0.2) is 11.5 Å². The molecule has 0 bridgehead atoms. The van der Waals surface area contributed by atoms with E-state index in [2.05, 4.69) is 5.32 Å². The fourth-order valence-electron chi connectivity index (χ4n) is 2.08. The fourth-order valence-corrected chi connectivity index (χ4v) is 2.08. The van der Waals surface area contributed by atoms with Crippen LogP contribution < -0.4 is 5.32 Å². The number of nitrogens with one attached hydrogen (secondary N) is 1. The van der Waals surface area contributed by atoms with Crippen LogP contribution in [0.4, 0.5) is 0 Å². The van der Waals surface area contributed by atoms with Gasteiger partial charge in [-0.2, -0.15) is 0 Å². The van der Waals surface area contributed by atoms with Gasteiger partial charge in [-0.15, -0.1) is 0 Å². The summed E-state index contributed by atoms with van der Waals surface area (Å²) in [6, 6.07) is 7.30. The molecule has 1 saturated heterocycles. The summed E-state index contributed by atoms with van der Waals surface area (Å²) in [5, 5.41) is 2.86. The summed E-state index contributed by atoms with van der Waals surface area (Å²) in [5.74, 6) is 2.05. The zero-order valence-corrected chi connectivity index (χ0v) is 10.4. The number of furan rings is 2. The molecule has 5 nitrogen and oxygen atoms in total. The Morgan fingerprint density at radius 2 is 2.26 bits per heavy atom. The highest BCUT2D eigenvalue weighted by molar-refractivity contribution is 5.78. The van der Waals surface area contributed by atoms with E-state index >= 15 is 0 Å². The maximum atomic E-state index is 11.8. The van der Waals surface area contributed by atoms with Crippen LogP contribution in [0.1, 0.15) is 12.2 Å². The van der Waals surface area contributed by atoms with Crippen molar-refractivity contribution < 1.29 is 18.4 Å². The first-order chi connectivity index (χ1) is 9.33. The Labute approximate surface area is 110 Å². The van der Waals surface area contributed by atoms with E-state index in [4.69, 9.17) is 13.6 Å². The van der Waals surface area contributed by atoms with Crippen molar-refractivity contribution in [3.63, 3.8) is 0 Å². The Morgan fingerprint density at radius 1 is 1.32 bits per heavy atom. The SMILES string of the molecule is O=C(NCc1ccc(-c2ccco2)o1)[C@H]1CCOC1. The number of rotatable bonds is 4. The molecule has 100 valence electrons. The number of carbonyl (C=O) groups is 1. The lowest BCUT2D eigenvalue weighted by molar-refractivity contribution is -0.125. The van der Waals surface area contributed by atoms with Crippen molar-refractivity contribution in [2.75, 3.05) is 13.2 Å². The summed E-state index contributed by atoms with van der Waals surface area (Å²) < 4.78 is 16.0. The summed E-state index contributed by atoms with van der Waals surface area (Å²) in [5.41, 5.74) is 0. The molecule has 1 aliphatic rings. The second-order valence-corrected chi connectivity index (χ2v) is 4.52. The Bertz CT molecular complexity index is 538. The van der Waals surface area contributed by atoms with E-state index in [1.807, 2.05) is 18.2 Å². The highest BCUT2D eigenvalue weighted by Gasteiger charge is 2.23. The first-order valence-electron chi connectivity index (χ1n) is 6.31. The maximum Gasteiger partial charge on any atom is 0.225 e. The van der Waals surface area contributed by atoms with Gasteiger partial charge in [-0.05, 0) is 30.7 Å². The van der Waals surface area contributed by atoms with E-state index in [1.54, 1.807) is 12.3 Å². The van der Waals surface area contributed by atoms with E-state index in [0.717, 1.165) is 6.42 Å². The molecule has 1 atom stereocenters. The molecular formula is C14H15NO4. The molecule has 0 spiro atoms. The second kappa shape index (κ2) is 5.32. The van der Waals surface area contributed by atoms with Crippen LogP contribution in [0, 0.1) is 5.92 Å². The van der Waals surface area contributed by atoms with E-state index in [1.165, 1.54) is 0 Å². The van der Waals surface area contributed by atoms with Crippen LogP contribution in [0.15, 0.2) is 39.4 Å². The van der Waals surface area contributed by atoms with Crippen molar-refractivity contribution in [3.8, 4) is 11.5 Å². The molecule has 2 aromatic heterocycles. The number of hydrogen-bond donors (Lipinski definition) is 1. The predicted octanol–water partition coefficient (Wildman–Crippen LogP) is 2.19. The lowest BCUT2D eigenvalue weighted by Gasteiger charge is -2.07. The van der Waals surface area contributed by atoms with Gasteiger partial charge in [-0.25, -0.2) is 0 Å². The molecule has 3 heterocycles. The molecule has 2 aromatic rings. The van der Waals surface area contributed by atoms with Crippen LogP contribution in [0.3, 0.4) is 0 Å². The largest absolute Gasteiger partial charge is 0.461 e. The number of ether oxygens (including phenoxy) is 1. The van der Waals surface area contributed by atoms with Crippen molar-refractivity contribution in [3.05, 3.63) is 36.3 Å². The minimum Gasteiger partial charge on any atom is -0.461 e. The summed E-state index contributed by atoms with van der Waals surface area (Å²) in [7, 11) is 0. The van der Waals surface area contributed by atoms with Gasteiger partial charge >= 0.3 is 0 Å². The first kappa shape index (κ1) is 12.0. The normalized spacial score (nSPS) is 18.6. The average molecular weight is 261 g/mol. The molecule has 1 aliphatic heterocycles. The second-order valence-electron chi connectivity index (χ2n) is 4.52. The standard InChI is InChI=1S/C14H15NO4/c16-14(10-5-7-17-9-10)15-8-11-3-4-13(19-11)12-2-1-6-18-12/h1-4,6,10H,5,7-9H2,(H,15,16)/t10-/m0/s1. The molecule has 3 rings (SSSR count). The molecule has 0 aromatic carbocycles. The third kappa shape index (κ3) is 2.71. The first-order valence-corrected chi connectivity index (χ1v) is 6.31. The third-order valence-corrected chi connectivity index (χ3v) is 3.16. The van der Waals surface area contributed by atoms with Crippen molar-refractivity contribution in [2.24, 2.45) is 5.92 Å². The van der Waals surface area contributed by atoms with Gasteiger partial charge in [0, 0.05) is 6.61 Å². The van der Waals surface area contributed by atoms with E-state index in [0.29, 0.717) is 37.0 Å². The smallest absolute Gasteiger partial charge is 0.225 e. The van der Waals surface area contributed by atoms with E-state index in [-0.39, 0.29) is 11.8 Å². The average Bonchev–Trinajstić information content (AvgIpc) is 3.14. The quantitative estimate of drug-likeness (QED) is 0.916. The Hall–Kier alpha value is -2.01. The number of hydrogen-bond acceptors (Lipinski definition) is 4. The molecule has 5 heteroatoms.